The van der Waals surface area contributed by atoms with Gasteiger partial charge in [-0.3, -0.25) is 9.59 Å². The Morgan fingerprint density at radius 3 is 2.11 bits per heavy atom. The zero-order valence-electron chi connectivity index (χ0n) is 30.3. The molecule has 4 N–H and O–H groups in total. The van der Waals surface area contributed by atoms with E-state index in [0.717, 1.165) is 40.7 Å². The quantitative estimate of drug-likeness (QED) is 0.0862. The number of rotatable bonds is 19. The molecule has 0 heterocycles. The number of aliphatic hydroxyl groups is 1. The third kappa shape index (κ3) is 10.4. The topological polar surface area (TPSA) is 143 Å². The maximum absolute atomic E-state index is 13.6. The van der Waals surface area contributed by atoms with Crippen molar-refractivity contribution >= 4 is 23.9 Å². The molecule has 0 saturated heterocycles. The fourth-order valence-electron chi connectivity index (χ4n) is 7.40. The van der Waals surface area contributed by atoms with Gasteiger partial charge < -0.3 is 30.5 Å². The van der Waals surface area contributed by atoms with Crippen molar-refractivity contribution in [2.24, 2.45) is 5.92 Å². The van der Waals surface area contributed by atoms with Crippen molar-refractivity contribution in [3.63, 3.8) is 0 Å². The number of ether oxygens (including phenoxy) is 2. The Balaban J connectivity index is 1.21. The molecule has 2 aliphatic carbocycles. The van der Waals surface area contributed by atoms with Crippen molar-refractivity contribution < 1.29 is 33.8 Å². The molecule has 3 atom stereocenters. The lowest BCUT2D eigenvalue weighted by molar-refractivity contribution is -0.147. The van der Waals surface area contributed by atoms with Crippen molar-refractivity contribution in [2.45, 2.75) is 81.3 Å². The fraction of sp³-hybridized carbons (Fsp3) is 0.395. The Hall–Kier alpha value is -5.22. The summed E-state index contributed by atoms with van der Waals surface area (Å²) < 4.78 is 11.5. The molecule has 0 bridgehead atoms. The average molecular weight is 722 g/mol. The molecular formula is C43H51N3O7. The highest BCUT2D eigenvalue weighted by atomic mass is 16.6. The first-order chi connectivity index (χ1) is 25.8. The second-order valence-electron chi connectivity index (χ2n) is 14.0. The summed E-state index contributed by atoms with van der Waals surface area (Å²) in [5.74, 6) is -2.20. The maximum atomic E-state index is 13.6. The van der Waals surface area contributed by atoms with E-state index in [1.165, 1.54) is 0 Å². The highest BCUT2D eigenvalue weighted by Crippen LogP contribution is 2.44. The van der Waals surface area contributed by atoms with Gasteiger partial charge in [0.25, 0.3) is 0 Å². The summed E-state index contributed by atoms with van der Waals surface area (Å²) in [5, 5.41) is 18.6. The Kier molecular flexibility index (Phi) is 14.0. The molecule has 0 radical (unpaired) electrons. The van der Waals surface area contributed by atoms with E-state index in [1.54, 1.807) is 12.2 Å². The summed E-state index contributed by atoms with van der Waals surface area (Å²) in [4.78, 5) is 53.3. The number of alkyl carbamates (subject to hydrolysis) is 1. The van der Waals surface area contributed by atoms with Crippen LogP contribution < -0.4 is 16.0 Å². The minimum absolute atomic E-state index is 0.0782. The van der Waals surface area contributed by atoms with Gasteiger partial charge in [0.15, 0.2) is 0 Å². The molecule has 3 aromatic rings. The number of hydrogen-bond acceptors (Lipinski definition) is 7. The first-order valence-electron chi connectivity index (χ1n) is 18.5. The molecular weight excluding hydrogens is 670 g/mol. The van der Waals surface area contributed by atoms with Crippen LogP contribution in [-0.4, -0.2) is 66.4 Å². The van der Waals surface area contributed by atoms with E-state index < -0.39 is 35.6 Å². The Bertz CT molecular complexity index is 1690. The lowest BCUT2D eigenvalue weighted by atomic mass is 9.95. The largest absolute Gasteiger partial charge is 0.462 e. The van der Waals surface area contributed by atoms with Crippen LogP contribution in [0.1, 0.15) is 74.0 Å². The minimum atomic E-state index is -1.01. The van der Waals surface area contributed by atoms with Gasteiger partial charge in [0.1, 0.15) is 19.3 Å². The summed E-state index contributed by atoms with van der Waals surface area (Å²) in [6.45, 7) is 7.31. The lowest BCUT2D eigenvalue weighted by Crippen LogP contribution is -2.50. The first-order valence-corrected chi connectivity index (χ1v) is 18.5. The van der Waals surface area contributed by atoms with Gasteiger partial charge in [-0.1, -0.05) is 104 Å². The molecule has 0 spiro atoms. The van der Waals surface area contributed by atoms with E-state index in [4.69, 9.17) is 9.47 Å². The number of amides is 3. The Labute approximate surface area is 312 Å². The van der Waals surface area contributed by atoms with Crippen LogP contribution in [0.15, 0.2) is 104 Å². The zero-order valence-corrected chi connectivity index (χ0v) is 30.3. The number of allylic oxidation sites excluding steroid dienone is 2. The highest BCUT2D eigenvalue weighted by molar-refractivity contribution is 5.86. The smallest absolute Gasteiger partial charge is 0.407 e. The molecule has 0 aliphatic heterocycles. The molecule has 10 heteroatoms. The van der Waals surface area contributed by atoms with Gasteiger partial charge in [0.05, 0.1) is 24.1 Å². The minimum Gasteiger partial charge on any atom is -0.462 e. The standard InChI is InChI=1S/C43H51N3O7/c1-3-5-22-38(45-42(51)53-28-37-35-20-11-9-18-33(35)34-19-10-12-21-36(34)37)41(50)52-27-32(25-30-16-7-6-8-17-30)44-40(49)31(15-4-2)26-39(48)46-43(29-47)23-13-14-24-43/h3-4,6-12,16-21,31-32,37-38,47H,1-2,5,13-15,22-29H2,(H,44,49)(H,45,51)(H,46,48)/t31-,32-,38+/m1/s1. The molecule has 1 fully saturated rings. The molecule has 53 heavy (non-hydrogen) atoms. The third-order valence-electron chi connectivity index (χ3n) is 10.2. The van der Waals surface area contributed by atoms with Crippen molar-refractivity contribution in [1.29, 1.82) is 0 Å². The zero-order chi connectivity index (χ0) is 37.6. The Morgan fingerprint density at radius 2 is 1.49 bits per heavy atom. The van der Waals surface area contributed by atoms with E-state index >= 15 is 0 Å². The van der Waals surface area contributed by atoms with Crippen molar-refractivity contribution in [1.82, 2.24) is 16.0 Å². The number of benzene rings is 3. The van der Waals surface area contributed by atoms with E-state index in [1.807, 2.05) is 66.7 Å². The van der Waals surface area contributed by atoms with Crippen LogP contribution in [0.2, 0.25) is 0 Å². The highest BCUT2D eigenvalue weighted by Gasteiger charge is 2.36. The fourth-order valence-corrected chi connectivity index (χ4v) is 7.40. The van der Waals surface area contributed by atoms with E-state index in [9.17, 15) is 24.3 Å². The summed E-state index contributed by atoms with van der Waals surface area (Å²) >= 11 is 0. The number of carbonyl (C=O) groups is 4. The van der Waals surface area contributed by atoms with E-state index in [-0.39, 0.29) is 56.8 Å². The van der Waals surface area contributed by atoms with Crippen molar-refractivity contribution in [3.05, 3.63) is 121 Å². The summed E-state index contributed by atoms with van der Waals surface area (Å²) in [6.07, 6.45) is 6.98. The van der Waals surface area contributed by atoms with Crippen LogP contribution in [0.5, 0.6) is 0 Å². The molecule has 280 valence electrons. The van der Waals surface area contributed by atoms with Crippen LogP contribution in [0, 0.1) is 5.92 Å². The van der Waals surface area contributed by atoms with Crippen LogP contribution in [0.4, 0.5) is 4.79 Å². The van der Waals surface area contributed by atoms with Gasteiger partial charge in [-0.2, -0.15) is 0 Å². The number of nitrogens with one attached hydrogen (secondary N) is 3. The van der Waals surface area contributed by atoms with Crippen LogP contribution in [0.25, 0.3) is 11.1 Å². The molecule has 10 nitrogen and oxygen atoms in total. The van der Waals surface area contributed by atoms with Gasteiger partial charge in [-0.15, -0.1) is 13.2 Å². The normalized spacial score (nSPS) is 15.9. The molecule has 5 rings (SSSR count). The molecule has 0 aromatic heterocycles. The monoisotopic (exact) mass is 721 g/mol. The second-order valence-corrected chi connectivity index (χ2v) is 14.0. The lowest BCUT2D eigenvalue weighted by Gasteiger charge is -2.29. The average Bonchev–Trinajstić information content (AvgIpc) is 3.77. The number of aliphatic hydroxyl groups excluding tert-OH is 1. The molecule has 2 aliphatic rings. The summed E-state index contributed by atoms with van der Waals surface area (Å²) in [6, 6.07) is 23.9. The van der Waals surface area contributed by atoms with Crippen LogP contribution in [0.3, 0.4) is 0 Å². The molecule has 1 saturated carbocycles. The number of hydrogen-bond donors (Lipinski definition) is 4. The van der Waals surface area contributed by atoms with Crippen LogP contribution >= 0.6 is 0 Å². The van der Waals surface area contributed by atoms with Gasteiger partial charge in [0, 0.05) is 12.3 Å². The predicted molar refractivity (Wildman–Crippen MR) is 204 cm³/mol. The van der Waals surface area contributed by atoms with E-state index in [2.05, 4.69) is 41.2 Å². The SMILES string of the molecule is C=CCC[C@H](NC(=O)OCC1c2ccccc2-c2ccccc21)C(=O)OC[C@@H](Cc1ccccc1)NC(=O)[C@H](CC=C)CC(=O)NC1(CO)CCCC1. The van der Waals surface area contributed by atoms with Crippen molar-refractivity contribution in [3.8, 4) is 11.1 Å². The van der Waals surface area contributed by atoms with E-state index in [0.29, 0.717) is 25.7 Å². The molecule has 0 unspecified atom stereocenters. The van der Waals surface area contributed by atoms with Gasteiger partial charge in [0.2, 0.25) is 11.8 Å². The second kappa shape index (κ2) is 19.0. The first kappa shape index (κ1) is 39.0. The predicted octanol–water partition coefficient (Wildman–Crippen LogP) is 6.13. The summed E-state index contributed by atoms with van der Waals surface area (Å²) in [5.41, 5.74) is 4.65. The number of esters is 1. The maximum Gasteiger partial charge on any atom is 0.407 e. The van der Waals surface area contributed by atoms with Crippen molar-refractivity contribution in [2.75, 3.05) is 19.8 Å². The van der Waals surface area contributed by atoms with Gasteiger partial charge in [-0.25, -0.2) is 9.59 Å². The summed E-state index contributed by atoms with van der Waals surface area (Å²) in [7, 11) is 0. The molecule has 3 aromatic carbocycles. The Morgan fingerprint density at radius 1 is 0.849 bits per heavy atom. The van der Waals surface area contributed by atoms with Gasteiger partial charge in [-0.05, 0) is 66.3 Å². The number of fused-ring (bicyclic) bond motifs is 3. The van der Waals surface area contributed by atoms with Gasteiger partial charge >= 0.3 is 12.1 Å². The molecule has 3 amide bonds. The number of carbonyl (C=O) groups excluding carboxylic acids is 4. The van der Waals surface area contributed by atoms with Crippen LogP contribution in [-0.2, 0) is 30.3 Å². The third-order valence-corrected chi connectivity index (χ3v) is 10.2.